The van der Waals surface area contributed by atoms with E-state index in [9.17, 15) is 13.2 Å². The van der Waals surface area contributed by atoms with Gasteiger partial charge in [-0.25, -0.2) is 0 Å². The van der Waals surface area contributed by atoms with Gasteiger partial charge in [-0.15, -0.1) is 0 Å². The van der Waals surface area contributed by atoms with Crippen LogP contribution in [0.3, 0.4) is 0 Å². The van der Waals surface area contributed by atoms with Gasteiger partial charge in [-0.3, -0.25) is 10.00 Å². The Morgan fingerprint density at radius 2 is 2.06 bits per heavy atom. The van der Waals surface area contributed by atoms with Gasteiger partial charge in [0.1, 0.15) is 0 Å². The Balaban J connectivity index is 1.79. The molecule has 1 saturated heterocycles. The van der Waals surface area contributed by atoms with E-state index >= 15 is 0 Å². The molecule has 0 bridgehead atoms. The van der Waals surface area contributed by atoms with E-state index < -0.39 is 12.6 Å². The molecule has 1 aromatic rings. The third-order valence-corrected chi connectivity index (χ3v) is 3.96. The summed E-state index contributed by atoms with van der Waals surface area (Å²) in [4.78, 5) is 2.16. The molecule has 1 aromatic heterocycles. The Hall–Kier alpha value is -0.560. The smallest absolute Gasteiger partial charge is 0.297 e. The van der Waals surface area contributed by atoms with E-state index in [1.54, 1.807) is 6.20 Å². The van der Waals surface area contributed by atoms with Crippen molar-refractivity contribution in [2.45, 2.75) is 32.0 Å². The third kappa shape index (κ3) is 3.98. The molecule has 7 heteroatoms. The van der Waals surface area contributed by atoms with Gasteiger partial charge in [0.25, 0.3) is 0 Å². The molecule has 1 aliphatic rings. The number of likely N-dealkylation sites (tertiary alicyclic amines) is 1. The van der Waals surface area contributed by atoms with Gasteiger partial charge in [0, 0.05) is 13.0 Å². The van der Waals surface area contributed by atoms with E-state index in [4.69, 9.17) is 0 Å². The van der Waals surface area contributed by atoms with E-state index in [0.717, 1.165) is 10.2 Å². The highest BCUT2D eigenvalue weighted by Crippen LogP contribution is 2.31. The number of alkyl halides is 3. The summed E-state index contributed by atoms with van der Waals surface area (Å²) in [6.07, 6.45) is -1.75. The summed E-state index contributed by atoms with van der Waals surface area (Å²) in [6.45, 7) is 2.14. The lowest BCUT2D eigenvalue weighted by molar-refractivity contribution is -0.147. The molecule has 0 saturated carbocycles. The molecule has 0 amide bonds. The predicted octanol–water partition coefficient (Wildman–Crippen LogP) is 3.34. The number of halogens is 4. The van der Waals surface area contributed by atoms with Crippen LogP contribution < -0.4 is 0 Å². The number of rotatable bonds is 3. The molecule has 18 heavy (non-hydrogen) atoms. The zero-order chi connectivity index (χ0) is 13.2. The molecule has 102 valence electrons. The molecule has 0 aromatic carbocycles. The quantitative estimate of drug-likeness (QED) is 0.924. The molecule has 1 N–H and O–H groups in total. The summed E-state index contributed by atoms with van der Waals surface area (Å²) in [5, 5.41) is 6.79. The number of piperidine rings is 1. The fourth-order valence-electron chi connectivity index (χ4n) is 2.31. The van der Waals surface area contributed by atoms with Crippen molar-refractivity contribution in [3.63, 3.8) is 0 Å². The first-order valence-corrected chi connectivity index (χ1v) is 6.70. The van der Waals surface area contributed by atoms with Crippen LogP contribution in [0, 0.1) is 5.92 Å². The number of hydrogen-bond acceptors (Lipinski definition) is 2. The van der Waals surface area contributed by atoms with Crippen LogP contribution >= 0.6 is 15.9 Å². The number of H-pyrrole nitrogens is 1. The average molecular weight is 326 g/mol. The first kappa shape index (κ1) is 13.9. The second kappa shape index (κ2) is 5.61. The SMILES string of the molecule is FC(F)(F)CC1CCN(Cc2[nH]ncc2Br)CC1. The number of hydrogen-bond donors (Lipinski definition) is 1. The van der Waals surface area contributed by atoms with Crippen molar-refractivity contribution in [3.05, 3.63) is 16.4 Å². The van der Waals surface area contributed by atoms with Gasteiger partial charge in [0.05, 0.1) is 16.4 Å². The minimum atomic E-state index is -4.03. The van der Waals surface area contributed by atoms with E-state index in [1.165, 1.54) is 0 Å². The lowest BCUT2D eigenvalue weighted by atomic mass is 9.93. The second-order valence-corrected chi connectivity index (χ2v) is 5.59. The summed E-state index contributed by atoms with van der Waals surface area (Å²) in [7, 11) is 0. The Morgan fingerprint density at radius 3 is 2.56 bits per heavy atom. The van der Waals surface area contributed by atoms with Crippen LogP contribution in [0.15, 0.2) is 10.7 Å². The zero-order valence-electron chi connectivity index (χ0n) is 9.80. The highest BCUT2D eigenvalue weighted by Gasteiger charge is 2.33. The predicted molar refractivity (Wildman–Crippen MR) is 65.0 cm³/mol. The maximum Gasteiger partial charge on any atom is 0.389 e. The number of aromatic nitrogens is 2. The third-order valence-electron chi connectivity index (χ3n) is 3.27. The van der Waals surface area contributed by atoms with Crippen LogP contribution in [-0.4, -0.2) is 34.4 Å². The molecule has 3 nitrogen and oxygen atoms in total. The maximum absolute atomic E-state index is 12.3. The monoisotopic (exact) mass is 325 g/mol. The molecular weight excluding hydrogens is 311 g/mol. The van der Waals surface area contributed by atoms with Crippen molar-refractivity contribution in [2.75, 3.05) is 13.1 Å². The van der Waals surface area contributed by atoms with Crippen molar-refractivity contribution in [3.8, 4) is 0 Å². The topological polar surface area (TPSA) is 31.9 Å². The van der Waals surface area contributed by atoms with Gasteiger partial charge in [-0.1, -0.05) is 0 Å². The highest BCUT2D eigenvalue weighted by molar-refractivity contribution is 9.10. The Morgan fingerprint density at radius 1 is 1.39 bits per heavy atom. The van der Waals surface area contributed by atoms with Crippen LogP contribution in [0.1, 0.15) is 25.0 Å². The molecule has 1 aliphatic heterocycles. The minimum Gasteiger partial charge on any atom is -0.297 e. The molecule has 0 aliphatic carbocycles. The van der Waals surface area contributed by atoms with Crippen LogP contribution in [0.2, 0.25) is 0 Å². The van der Waals surface area contributed by atoms with Gasteiger partial charge in [0.2, 0.25) is 0 Å². The molecular formula is C11H15BrF3N3. The van der Waals surface area contributed by atoms with Crippen molar-refractivity contribution in [2.24, 2.45) is 5.92 Å². The summed E-state index contributed by atoms with van der Waals surface area (Å²) < 4.78 is 37.7. The van der Waals surface area contributed by atoms with Crippen molar-refractivity contribution in [1.82, 2.24) is 15.1 Å². The normalized spacial score (nSPS) is 19.3. The molecule has 1 fully saturated rings. The number of nitrogens with zero attached hydrogens (tertiary/aromatic N) is 2. The van der Waals surface area contributed by atoms with Crippen molar-refractivity contribution >= 4 is 15.9 Å². The fraction of sp³-hybridized carbons (Fsp3) is 0.727. The number of nitrogens with one attached hydrogen (secondary N) is 1. The Kier molecular flexibility index (Phi) is 4.32. The standard InChI is InChI=1S/C11H15BrF3N3/c12-9-6-16-17-10(9)7-18-3-1-8(2-4-18)5-11(13,14)15/h6,8H,1-5,7H2,(H,16,17). The first-order chi connectivity index (χ1) is 8.44. The zero-order valence-corrected chi connectivity index (χ0v) is 11.4. The lowest BCUT2D eigenvalue weighted by Gasteiger charge is -2.32. The molecule has 0 atom stereocenters. The molecule has 0 unspecified atom stereocenters. The summed E-state index contributed by atoms with van der Waals surface area (Å²) in [5.41, 5.74) is 0.976. The molecule has 0 spiro atoms. The first-order valence-electron chi connectivity index (χ1n) is 5.91. The lowest BCUT2D eigenvalue weighted by Crippen LogP contribution is -2.34. The highest BCUT2D eigenvalue weighted by atomic mass is 79.9. The Labute approximate surface area is 112 Å². The molecule has 0 radical (unpaired) electrons. The maximum atomic E-state index is 12.3. The largest absolute Gasteiger partial charge is 0.389 e. The van der Waals surface area contributed by atoms with Gasteiger partial charge in [0.15, 0.2) is 0 Å². The van der Waals surface area contributed by atoms with E-state index in [2.05, 4.69) is 31.0 Å². The minimum absolute atomic E-state index is 0.216. The average Bonchev–Trinajstić information content (AvgIpc) is 2.65. The second-order valence-electron chi connectivity index (χ2n) is 4.74. The van der Waals surface area contributed by atoms with E-state index in [-0.39, 0.29) is 5.92 Å². The summed E-state index contributed by atoms with van der Waals surface area (Å²) in [5.74, 6) is -0.216. The Bertz CT molecular complexity index is 383. The van der Waals surface area contributed by atoms with E-state index in [1.807, 2.05) is 0 Å². The van der Waals surface area contributed by atoms with Crippen LogP contribution in [0.4, 0.5) is 13.2 Å². The van der Waals surface area contributed by atoms with Crippen molar-refractivity contribution < 1.29 is 13.2 Å². The van der Waals surface area contributed by atoms with Gasteiger partial charge in [-0.2, -0.15) is 18.3 Å². The van der Waals surface area contributed by atoms with Gasteiger partial charge >= 0.3 is 6.18 Å². The summed E-state index contributed by atoms with van der Waals surface area (Å²) in [6, 6.07) is 0. The van der Waals surface area contributed by atoms with E-state index in [0.29, 0.717) is 32.5 Å². The van der Waals surface area contributed by atoms with Crippen molar-refractivity contribution in [1.29, 1.82) is 0 Å². The van der Waals surface area contributed by atoms with Gasteiger partial charge in [-0.05, 0) is 47.8 Å². The van der Waals surface area contributed by atoms with Crippen LogP contribution in [0.5, 0.6) is 0 Å². The van der Waals surface area contributed by atoms with Crippen LogP contribution in [0.25, 0.3) is 0 Å². The molecule has 2 rings (SSSR count). The summed E-state index contributed by atoms with van der Waals surface area (Å²) >= 11 is 3.38. The fourth-order valence-corrected chi connectivity index (χ4v) is 2.63. The van der Waals surface area contributed by atoms with Gasteiger partial charge < -0.3 is 0 Å². The van der Waals surface area contributed by atoms with Crippen LogP contribution in [-0.2, 0) is 6.54 Å². The number of aromatic amines is 1. The molecule has 2 heterocycles.